The van der Waals surface area contributed by atoms with Crippen molar-refractivity contribution in [2.24, 2.45) is 0 Å². The van der Waals surface area contributed by atoms with Gasteiger partial charge in [0.2, 0.25) is 0 Å². The first-order valence-electron chi connectivity index (χ1n) is 9.20. The molecule has 6 heteroatoms. The molecule has 146 valence electrons. The Balaban J connectivity index is 1.61. The van der Waals surface area contributed by atoms with Crippen molar-refractivity contribution < 1.29 is 9.15 Å². The zero-order valence-corrected chi connectivity index (χ0v) is 17.6. The van der Waals surface area contributed by atoms with Crippen molar-refractivity contribution in [1.82, 2.24) is 4.90 Å². The van der Waals surface area contributed by atoms with Crippen molar-refractivity contribution in [2.45, 2.75) is 33.7 Å². The van der Waals surface area contributed by atoms with Gasteiger partial charge in [-0.3, -0.25) is 4.90 Å². The molecule has 4 rings (SSSR count). The Morgan fingerprint density at radius 3 is 2.61 bits per heavy atom. The number of halogens is 2. The quantitative estimate of drug-likeness (QED) is 0.533. The fourth-order valence-corrected chi connectivity index (χ4v) is 4.20. The highest BCUT2D eigenvalue weighted by atomic mass is 35.5. The first kappa shape index (κ1) is 19.3. The molecule has 0 aliphatic carbocycles. The van der Waals surface area contributed by atoms with Gasteiger partial charge in [0.25, 0.3) is 0 Å². The number of aryl methyl sites for hydroxylation is 2. The average molecular weight is 418 g/mol. The van der Waals surface area contributed by atoms with Crippen LogP contribution in [-0.4, -0.2) is 18.2 Å². The third-order valence-electron chi connectivity index (χ3n) is 5.50. The molecule has 1 aromatic heterocycles. The lowest BCUT2D eigenvalue weighted by atomic mass is 9.99. The maximum Gasteiger partial charge on any atom is 0.339 e. The van der Waals surface area contributed by atoms with E-state index in [4.69, 9.17) is 32.4 Å². The van der Waals surface area contributed by atoms with E-state index in [1.807, 2.05) is 26.0 Å². The van der Waals surface area contributed by atoms with Crippen molar-refractivity contribution in [1.29, 1.82) is 0 Å². The van der Waals surface area contributed by atoms with Crippen LogP contribution in [0.4, 0.5) is 0 Å². The summed E-state index contributed by atoms with van der Waals surface area (Å²) < 4.78 is 11.6. The van der Waals surface area contributed by atoms with E-state index in [0.29, 0.717) is 27.9 Å². The summed E-state index contributed by atoms with van der Waals surface area (Å²) in [7, 11) is 0. The number of ether oxygens (including phenoxy) is 1. The summed E-state index contributed by atoms with van der Waals surface area (Å²) in [6, 6.07) is 7.69. The van der Waals surface area contributed by atoms with E-state index in [2.05, 4.69) is 11.0 Å². The van der Waals surface area contributed by atoms with Crippen molar-refractivity contribution in [3.63, 3.8) is 0 Å². The van der Waals surface area contributed by atoms with Crippen LogP contribution in [-0.2, 0) is 13.0 Å². The highest BCUT2D eigenvalue weighted by molar-refractivity contribution is 6.35. The van der Waals surface area contributed by atoms with Crippen LogP contribution < -0.4 is 10.4 Å². The van der Waals surface area contributed by atoms with Crippen LogP contribution in [0.1, 0.15) is 27.8 Å². The van der Waals surface area contributed by atoms with E-state index >= 15 is 0 Å². The maximum absolute atomic E-state index is 12.1. The van der Waals surface area contributed by atoms with Gasteiger partial charge in [0.1, 0.15) is 18.1 Å². The Bertz CT molecular complexity index is 1140. The molecule has 2 heterocycles. The van der Waals surface area contributed by atoms with Crippen LogP contribution in [0.3, 0.4) is 0 Å². The highest BCUT2D eigenvalue weighted by Gasteiger charge is 2.23. The van der Waals surface area contributed by atoms with Gasteiger partial charge < -0.3 is 9.15 Å². The summed E-state index contributed by atoms with van der Waals surface area (Å²) in [4.78, 5) is 14.3. The predicted molar refractivity (Wildman–Crippen MR) is 113 cm³/mol. The molecule has 1 aliphatic heterocycles. The molecule has 2 aromatic carbocycles. The first-order valence-corrected chi connectivity index (χ1v) is 9.96. The van der Waals surface area contributed by atoms with E-state index in [9.17, 15) is 4.79 Å². The van der Waals surface area contributed by atoms with Crippen LogP contribution in [0.2, 0.25) is 10.0 Å². The summed E-state index contributed by atoms with van der Waals surface area (Å²) in [5.41, 5.74) is 5.00. The van der Waals surface area contributed by atoms with E-state index in [-0.39, 0.29) is 5.63 Å². The zero-order valence-electron chi connectivity index (χ0n) is 16.1. The molecule has 3 aromatic rings. The summed E-state index contributed by atoms with van der Waals surface area (Å²) in [5, 5.41) is 2.30. The molecule has 28 heavy (non-hydrogen) atoms. The maximum atomic E-state index is 12.1. The van der Waals surface area contributed by atoms with Gasteiger partial charge in [0.05, 0.1) is 0 Å². The molecule has 0 spiro atoms. The summed E-state index contributed by atoms with van der Waals surface area (Å²) in [5.74, 6) is 0.819. The largest absolute Gasteiger partial charge is 0.477 e. The number of benzene rings is 2. The molecule has 4 nitrogen and oxygen atoms in total. The second kappa shape index (κ2) is 7.43. The number of fused-ring (bicyclic) bond motifs is 2. The lowest BCUT2D eigenvalue weighted by molar-refractivity contribution is 0.0959. The van der Waals surface area contributed by atoms with E-state index in [1.165, 1.54) is 0 Å². The van der Waals surface area contributed by atoms with E-state index in [1.54, 1.807) is 13.0 Å². The predicted octanol–water partition coefficient (Wildman–Crippen LogP) is 5.42. The first-order chi connectivity index (χ1) is 13.3. The van der Waals surface area contributed by atoms with Gasteiger partial charge in [0.15, 0.2) is 0 Å². The Kier molecular flexibility index (Phi) is 5.13. The second-order valence-electron chi connectivity index (χ2n) is 7.32. The minimum absolute atomic E-state index is 0.287. The minimum Gasteiger partial charge on any atom is -0.477 e. The third kappa shape index (κ3) is 3.41. The summed E-state index contributed by atoms with van der Waals surface area (Å²) in [6.07, 6.45) is 0.814. The van der Waals surface area contributed by atoms with Crippen LogP contribution in [0, 0.1) is 20.8 Å². The monoisotopic (exact) mass is 417 g/mol. The summed E-state index contributed by atoms with van der Waals surface area (Å²) in [6.45, 7) is 7.79. The van der Waals surface area contributed by atoms with Crippen molar-refractivity contribution in [2.75, 3.05) is 13.3 Å². The highest BCUT2D eigenvalue weighted by Crippen LogP contribution is 2.36. The molecule has 0 bridgehead atoms. The molecule has 1 aliphatic rings. The lowest BCUT2D eigenvalue weighted by Crippen LogP contribution is -2.34. The van der Waals surface area contributed by atoms with Gasteiger partial charge in [-0.1, -0.05) is 29.3 Å². The van der Waals surface area contributed by atoms with Crippen molar-refractivity contribution in [3.8, 4) is 5.75 Å². The molecule has 0 amide bonds. The molecule has 0 atom stereocenters. The second-order valence-corrected chi connectivity index (χ2v) is 8.16. The Morgan fingerprint density at radius 2 is 1.86 bits per heavy atom. The fourth-order valence-electron chi connectivity index (χ4n) is 3.69. The molecular formula is C22H21Cl2NO3. The third-order valence-corrected chi connectivity index (χ3v) is 6.09. The molecule has 0 saturated carbocycles. The number of hydrogen-bond donors (Lipinski definition) is 0. The molecule has 0 N–H and O–H groups in total. The van der Waals surface area contributed by atoms with Crippen molar-refractivity contribution >= 4 is 34.2 Å². The van der Waals surface area contributed by atoms with Gasteiger partial charge >= 0.3 is 5.63 Å². The number of nitrogens with zero attached hydrogens (tertiary/aromatic N) is 1. The zero-order chi connectivity index (χ0) is 20.0. The fraction of sp³-hybridized carbons (Fsp3) is 0.318. The Labute approximate surface area is 173 Å². The molecular weight excluding hydrogens is 397 g/mol. The van der Waals surface area contributed by atoms with E-state index in [0.717, 1.165) is 52.9 Å². The van der Waals surface area contributed by atoms with Gasteiger partial charge in [-0.25, -0.2) is 4.79 Å². The van der Waals surface area contributed by atoms with E-state index < -0.39 is 0 Å². The Hall–Kier alpha value is -2.01. The normalized spacial score (nSPS) is 14.2. The van der Waals surface area contributed by atoms with Crippen LogP contribution in [0.5, 0.6) is 5.75 Å². The average Bonchev–Trinajstić information content (AvgIpc) is 2.67. The van der Waals surface area contributed by atoms with Gasteiger partial charge in [-0.2, -0.15) is 0 Å². The van der Waals surface area contributed by atoms with Crippen LogP contribution in [0.25, 0.3) is 11.0 Å². The van der Waals surface area contributed by atoms with Crippen molar-refractivity contribution in [3.05, 3.63) is 72.5 Å². The standard InChI is InChI=1S/C22H21Cl2NO3/c1-12-13(2)22(26)28-21-14(3)20-16(8-18(12)21)10-25(11-27-20)7-6-15-4-5-17(23)9-19(15)24/h4-5,8-9H,6-7,10-11H2,1-3H3. The summed E-state index contributed by atoms with van der Waals surface area (Å²) >= 11 is 12.3. The molecule has 0 unspecified atom stereocenters. The van der Waals surface area contributed by atoms with Gasteiger partial charge in [-0.15, -0.1) is 0 Å². The van der Waals surface area contributed by atoms with Gasteiger partial charge in [-0.05, 0) is 56.5 Å². The molecule has 0 saturated heterocycles. The van der Waals surface area contributed by atoms with Crippen LogP contribution in [0.15, 0.2) is 33.5 Å². The van der Waals surface area contributed by atoms with Crippen LogP contribution >= 0.6 is 23.2 Å². The molecule has 0 radical (unpaired) electrons. The van der Waals surface area contributed by atoms with Gasteiger partial charge in [0, 0.05) is 45.2 Å². The topological polar surface area (TPSA) is 42.7 Å². The number of hydrogen-bond acceptors (Lipinski definition) is 4. The minimum atomic E-state index is -0.287. The lowest BCUT2D eigenvalue weighted by Gasteiger charge is -2.30. The number of rotatable bonds is 3. The SMILES string of the molecule is Cc1c(C)c2cc3c(c(C)c2oc1=O)OCN(CCc1ccc(Cl)cc1Cl)C3. The Morgan fingerprint density at radius 1 is 1.07 bits per heavy atom. The smallest absolute Gasteiger partial charge is 0.339 e. The molecule has 0 fully saturated rings.